The number of sulfonamides is 1. The van der Waals surface area contributed by atoms with Gasteiger partial charge in [0.2, 0.25) is 16.0 Å². The summed E-state index contributed by atoms with van der Waals surface area (Å²) in [4.78, 5) is 30.1. The molecule has 2 rings (SSSR count). The van der Waals surface area contributed by atoms with E-state index in [4.69, 9.17) is 30.3 Å². The Bertz CT molecular complexity index is 1430. The molecule has 2 aromatic rings. The van der Waals surface area contributed by atoms with Crippen molar-refractivity contribution < 1.29 is 67.8 Å². The summed E-state index contributed by atoms with van der Waals surface area (Å²) in [6, 6.07) is 5.39. The van der Waals surface area contributed by atoms with Crippen LogP contribution in [0, 0.1) is 5.82 Å². The molecule has 3 atom stereocenters. The highest BCUT2D eigenvalue weighted by Crippen LogP contribution is 2.31. The van der Waals surface area contributed by atoms with Crippen LogP contribution in [0.15, 0.2) is 30.3 Å². The third kappa shape index (κ3) is 14.5. The molecule has 3 unspecified atom stereocenters. The minimum Gasteiger partial charge on any atom is -0.465 e. The Labute approximate surface area is 276 Å². The number of halogens is 1. The monoisotopic (exact) mass is 707 g/mol. The van der Waals surface area contributed by atoms with Crippen LogP contribution in [0.25, 0.3) is 17.3 Å². The van der Waals surface area contributed by atoms with E-state index in [9.17, 15) is 27.8 Å². The molecule has 0 fully saturated rings. The van der Waals surface area contributed by atoms with Crippen LogP contribution in [-0.2, 0) is 34.0 Å². The third-order valence-electron chi connectivity index (χ3n) is 6.49. The molecule has 0 saturated heterocycles. The molecule has 0 radical (unpaired) electrons. The first-order valence-electron chi connectivity index (χ1n) is 14.5. The van der Waals surface area contributed by atoms with Gasteiger partial charge >= 0.3 is 5.97 Å². The lowest BCUT2D eigenvalue weighted by atomic mass is 9.97. The van der Waals surface area contributed by atoms with E-state index in [0.717, 1.165) is 10.6 Å². The van der Waals surface area contributed by atoms with Crippen molar-refractivity contribution in [3.05, 3.63) is 47.4 Å². The second-order valence-electron chi connectivity index (χ2n) is 10.7. The van der Waals surface area contributed by atoms with Gasteiger partial charge in [0.25, 0.3) is 0 Å². The molecule has 270 valence electrons. The Kier molecular flexibility index (Phi) is 16.8. The third-order valence-corrected chi connectivity index (χ3v) is 7.65. The van der Waals surface area contributed by atoms with Crippen LogP contribution in [0.4, 0.5) is 10.3 Å². The average Bonchev–Trinajstić information content (AvgIpc) is 2.98. The molecule has 0 aliphatic carbocycles. The lowest BCUT2D eigenvalue weighted by molar-refractivity contribution is -0.507. The van der Waals surface area contributed by atoms with Gasteiger partial charge in [-0.25, -0.2) is 36.8 Å². The lowest BCUT2D eigenvalue weighted by Gasteiger charge is -2.20. The van der Waals surface area contributed by atoms with Crippen molar-refractivity contribution in [2.45, 2.75) is 57.3 Å². The van der Waals surface area contributed by atoms with Crippen molar-refractivity contribution in [1.29, 1.82) is 0 Å². The number of nitrogens with zero attached hydrogens (tertiary/aromatic N) is 5. The number of aromatic nitrogens is 2. The van der Waals surface area contributed by atoms with Gasteiger partial charge in [0.1, 0.15) is 11.9 Å². The second-order valence-corrected chi connectivity index (χ2v) is 12.7. The molecule has 0 bridgehead atoms. The number of carbonyl (C=O) groups is 1. The quantitative estimate of drug-likeness (QED) is 0.0613. The van der Waals surface area contributed by atoms with Crippen LogP contribution in [0.5, 0.6) is 0 Å². The number of aliphatic hydroxyl groups excluding tert-OH is 2. The highest BCUT2D eigenvalue weighted by molar-refractivity contribution is 7.92. The Morgan fingerprint density at radius 3 is 2.27 bits per heavy atom. The number of esters is 1. The summed E-state index contributed by atoms with van der Waals surface area (Å²) in [5.41, 5.74) is 1.60. The van der Waals surface area contributed by atoms with E-state index in [-0.39, 0.29) is 56.8 Å². The van der Waals surface area contributed by atoms with Crippen molar-refractivity contribution in [3.8, 4) is 11.3 Å². The maximum atomic E-state index is 13.7. The van der Waals surface area contributed by atoms with Gasteiger partial charge in [0, 0.05) is 31.0 Å². The molecule has 1 aromatic carbocycles. The Morgan fingerprint density at radius 1 is 1.02 bits per heavy atom. The summed E-state index contributed by atoms with van der Waals surface area (Å²) in [7, 11) is -2.42. The first-order valence-corrected chi connectivity index (χ1v) is 16.4. The van der Waals surface area contributed by atoms with E-state index >= 15 is 0 Å². The number of rotatable bonds is 21. The fourth-order valence-corrected chi connectivity index (χ4v) is 4.47. The summed E-state index contributed by atoms with van der Waals surface area (Å²) in [6.45, 7) is 2.80. The smallest absolute Gasteiger partial charge is 0.308 e. The fourth-order valence-electron chi connectivity index (χ4n) is 4.09. The van der Waals surface area contributed by atoms with Crippen LogP contribution < -0.4 is 4.31 Å². The molecule has 0 spiro atoms. The van der Waals surface area contributed by atoms with Crippen molar-refractivity contribution in [3.63, 3.8) is 0 Å². The standard InChI is InChI=1S/C28H42FN5O13S/c1-18(2)26-24(27(19-5-7-20(29)8-6-19)31-28(30-26)32(3)48(4,42)43)10-9-21(35)15-22(36)16-25(37)45-12-11-23(47-34(40)41)17-44-13-14-46-33(38)39/h5-10,18,21-23,35-36,38-41H,11-17H2,1-4H3/b10-9+. The van der Waals surface area contributed by atoms with Crippen LogP contribution in [0.3, 0.4) is 0 Å². The zero-order chi connectivity index (χ0) is 36.0. The Hall–Kier alpha value is -3.25. The van der Waals surface area contributed by atoms with Gasteiger partial charge in [-0.2, -0.15) is 0 Å². The van der Waals surface area contributed by atoms with Crippen molar-refractivity contribution in [1.82, 2.24) is 20.7 Å². The molecule has 48 heavy (non-hydrogen) atoms. The van der Waals surface area contributed by atoms with Gasteiger partial charge in [-0.05, 0) is 30.2 Å². The van der Waals surface area contributed by atoms with E-state index in [1.807, 2.05) is 13.8 Å². The van der Waals surface area contributed by atoms with Gasteiger partial charge in [-0.3, -0.25) is 25.6 Å². The van der Waals surface area contributed by atoms with Crippen molar-refractivity contribution in [2.75, 3.05) is 44.0 Å². The minimum atomic E-state index is -3.72. The molecular weight excluding hydrogens is 665 g/mol. The van der Waals surface area contributed by atoms with E-state index in [0.29, 0.717) is 16.8 Å². The highest BCUT2D eigenvalue weighted by atomic mass is 32.2. The maximum absolute atomic E-state index is 13.7. The van der Waals surface area contributed by atoms with Gasteiger partial charge in [0.15, 0.2) is 0 Å². The number of anilines is 1. The molecule has 1 aromatic heterocycles. The first kappa shape index (κ1) is 40.9. The number of hydrogen-bond acceptors (Lipinski definition) is 17. The van der Waals surface area contributed by atoms with Crippen molar-refractivity contribution >= 4 is 28.0 Å². The molecule has 1 heterocycles. The predicted octanol–water partition coefficient (Wildman–Crippen LogP) is 1.66. The SMILES string of the molecule is CC(C)c1nc(N(C)S(C)(=O)=O)nc(-c2ccc(F)cc2)c1/C=C/C(O)CC(O)CC(=O)OCCC(COCCON(O)O)ON(O)O. The summed E-state index contributed by atoms with van der Waals surface area (Å²) in [6.07, 6.45) is -0.518. The van der Waals surface area contributed by atoms with Gasteiger partial charge < -0.3 is 19.7 Å². The van der Waals surface area contributed by atoms with Crippen LogP contribution >= 0.6 is 0 Å². The molecule has 0 aliphatic rings. The molecule has 0 amide bonds. The summed E-state index contributed by atoms with van der Waals surface area (Å²) in [5.74, 6) is -1.65. The first-order chi connectivity index (χ1) is 22.5. The number of ether oxygens (including phenoxy) is 2. The topological polar surface area (TPSA) is 245 Å². The van der Waals surface area contributed by atoms with Crippen LogP contribution in [0.1, 0.15) is 50.3 Å². The summed E-state index contributed by atoms with van der Waals surface area (Å²) in [5, 5.41) is 54.8. The normalized spacial score (nSPS) is 14.2. The zero-order valence-corrected chi connectivity index (χ0v) is 27.6. The largest absolute Gasteiger partial charge is 0.465 e. The number of carbonyl (C=O) groups excluding carboxylic acids is 1. The average molecular weight is 708 g/mol. The molecule has 6 N–H and O–H groups in total. The van der Waals surface area contributed by atoms with Gasteiger partial charge in [0.05, 0.1) is 73.5 Å². The van der Waals surface area contributed by atoms with Crippen LogP contribution in [-0.4, -0.2) is 124 Å². The molecule has 20 heteroatoms. The molecule has 0 aliphatic heterocycles. The summed E-state index contributed by atoms with van der Waals surface area (Å²) < 4.78 is 49.3. The zero-order valence-electron chi connectivity index (χ0n) is 26.8. The maximum Gasteiger partial charge on any atom is 0.308 e. The van der Waals surface area contributed by atoms with Gasteiger partial charge in [-0.15, -0.1) is 0 Å². The highest BCUT2D eigenvalue weighted by Gasteiger charge is 2.23. The molecule has 18 nitrogen and oxygen atoms in total. The number of hydrogen-bond donors (Lipinski definition) is 6. The number of benzene rings is 1. The van der Waals surface area contributed by atoms with E-state index < -0.39 is 57.3 Å². The Morgan fingerprint density at radius 2 is 1.69 bits per heavy atom. The lowest BCUT2D eigenvalue weighted by Crippen LogP contribution is -2.30. The molecular formula is C28H42FN5O13S. The minimum absolute atomic E-state index is 0.0623. The Balaban J connectivity index is 2.08. The number of aliphatic hydroxyl groups is 2. The van der Waals surface area contributed by atoms with E-state index in [1.165, 1.54) is 43.5 Å². The van der Waals surface area contributed by atoms with E-state index in [2.05, 4.69) is 19.6 Å². The predicted molar refractivity (Wildman–Crippen MR) is 163 cm³/mol. The second kappa shape index (κ2) is 19.7. The molecule has 0 saturated carbocycles. The fraction of sp³-hybridized carbons (Fsp3) is 0.536. The summed E-state index contributed by atoms with van der Waals surface area (Å²) >= 11 is 0. The van der Waals surface area contributed by atoms with E-state index in [1.54, 1.807) is 0 Å². The van der Waals surface area contributed by atoms with Gasteiger partial charge in [-0.1, -0.05) is 26.0 Å². The van der Waals surface area contributed by atoms with Crippen molar-refractivity contribution in [2.24, 2.45) is 0 Å². The van der Waals surface area contributed by atoms with Crippen LogP contribution in [0.2, 0.25) is 0 Å².